The van der Waals surface area contributed by atoms with Crippen LogP contribution in [0.3, 0.4) is 0 Å². The van der Waals surface area contributed by atoms with E-state index in [1.165, 1.54) is 9.80 Å². The third kappa shape index (κ3) is 4.99. The molecular weight excluding hydrogens is 376 g/mol. The van der Waals surface area contributed by atoms with E-state index in [4.69, 9.17) is 9.47 Å². The van der Waals surface area contributed by atoms with Gasteiger partial charge in [0.05, 0.1) is 0 Å². The van der Waals surface area contributed by atoms with Crippen LogP contribution in [0.15, 0.2) is 30.3 Å². The fourth-order valence-electron chi connectivity index (χ4n) is 4.04. The van der Waals surface area contributed by atoms with E-state index in [1.807, 2.05) is 30.3 Å². The van der Waals surface area contributed by atoms with Crippen LogP contribution in [0.2, 0.25) is 0 Å². The average molecular weight is 404 g/mol. The summed E-state index contributed by atoms with van der Waals surface area (Å²) in [5.41, 5.74) is -1.01. The number of likely N-dealkylation sites (tertiary alicyclic amines) is 2. The number of fused-ring (bicyclic) bond motifs is 2. The number of carbonyl (C=O) groups is 3. The number of ether oxygens (including phenoxy) is 2. The first-order chi connectivity index (χ1) is 13.6. The lowest BCUT2D eigenvalue weighted by molar-refractivity contribution is -0.159. The van der Waals surface area contributed by atoms with Gasteiger partial charge in [-0.2, -0.15) is 0 Å². The summed E-state index contributed by atoms with van der Waals surface area (Å²) in [6.45, 7) is 6.16. The van der Waals surface area contributed by atoms with Crippen molar-refractivity contribution in [1.29, 1.82) is 0 Å². The fourth-order valence-corrected chi connectivity index (χ4v) is 4.04. The minimum absolute atomic E-state index is 0.00571. The molecule has 3 rings (SSSR count). The molecular formula is C21H28N2O6. The smallest absolute Gasteiger partial charge is 0.410 e. The zero-order valence-electron chi connectivity index (χ0n) is 17.1. The molecule has 0 radical (unpaired) electrons. The predicted molar refractivity (Wildman–Crippen MR) is 104 cm³/mol. The average Bonchev–Trinajstić information content (AvgIpc) is 2.64. The molecule has 8 nitrogen and oxygen atoms in total. The van der Waals surface area contributed by atoms with Crippen LogP contribution in [0.5, 0.6) is 0 Å². The molecule has 0 aromatic heterocycles. The number of hydrogen-bond acceptors (Lipinski definition) is 5. The van der Waals surface area contributed by atoms with Gasteiger partial charge in [0.1, 0.15) is 17.6 Å². The highest BCUT2D eigenvalue weighted by molar-refractivity contribution is 5.79. The number of carboxylic acid groups (broad SMARTS) is 1. The molecule has 2 aliphatic heterocycles. The Kier molecular flexibility index (Phi) is 5.73. The van der Waals surface area contributed by atoms with Crippen molar-refractivity contribution in [2.75, 3.05) is 26.2 Å². The largest absolute Gasteiger partial charge is 0.481 e. The summed E-state index contributed by atoms with van der Waals surface area (Å²) in [7, 11) is 0. The van der Waals surface area contributed by atoms with Crippen LogP contribution < -0.4 is 0 Å². The normalized spacial score (nSPS) is 24.0. The number of nitrogens with zero attached hydrogens (tertiary/aromatic N) is 2. The molecule has 2 amide bonds. The SMILES string of the molecule is CC(C)(C)OC(=O)N1C[C@H]2CN(C(=O)OCc3ccccc3)C[C@](C(=O)O)(C2)C1. The van der Waals surface area contributed by atoms with Gasteiger partial charge >= 0.3 is 18.2 Å². The maximum Gasteiger partial charge on any atom is 0.410 e. The van der Waals surface area contributed by atoms with Crippen LogP contribution in [0, 0.1) is 11.3 Å². The monoisotopic (exact) mass is 404 g/mol. The Morgan fingerprint density at radius 2 is 1.66 bits per heavy atom. The molecule has 0 saturated carbocycles. The van der Waals surface area contributed by atoms with E-state index in [2.05, 4.69) is 0 Å². The zero-order valence-corrected chi connectivity index (χ0v) is 17.1. The van der Waals surface area contributed by atoms with Crippen molar-refractivity contribution in [3.05, 3.63) is 35.9 Å². The van der Waals surface area contributed by atoms with E-state index in [0.717, 1.165) is 5.56 Å². The third-order valence-electron chi connectivity index (χ3n) is 5.19. The van der Waals surface area contributed by atoms with E-state index in [0.29, 0.717) is 19.5 Å². The summed E-state index contributed by atoms with van der Waals surface area (Å²) in [4.78, 5) is 40.1. The molecule has 0 aliphatic carbocycles. The molecule has 2 fully saturated rings. The van der Waals surface area contributed by atoms with Crippen LogP contribution in [-0.4, -0.2) is 64.8 Å². The minimum atomic E-state index is -1.22. The maximum absolute atomic E-state index is 12.6. The Morgan fingerprint density at radius 1 is 1.07 bits per heavy atom. The molecule has 1 N–H and O–H groups in total. The van der Waals surface area contributed by atoms with E-state index in [-0.39, 0.29) is 25.6 Å². The lowest BCUT2D eigenvalue weighted by Crippen LogP contribution is -2.63. The minimum Gasteiger partial charge on any atom is -0.481 e. The summed E-state index contributed by atoms with van der Waals surface area (Å²) in [5, 5.41) is 9.92. The topological polar surface area (TPSA) is 96.4 Å². The van der Waals surface area contributed by atoms with Crippen molar-refractivity contribution in [2.24, 2.45) is 11.3 Å². The van der Waals surface area contributed by atoms with Crippen LogP contribution in [0.1, 0.15) is 32.8 Å². The molecule has 2 atom stereocenters. The standard InChI is InChI=1S/C21H28N2O6/c1-20(2,3)29-19(27)23-11-16-9-21(14-23,17(24)25)13-22(10-16)18(26)28-12-15-7-5-4-6-8-15/h4-8,16H,9-14H2,1-3H3,(H,24,25)/t16-,21-/m1/s1. The van der Waals surface area contributed by atoms with Gasteiger partial charge in [0.15, 0.2) is 0 Å². The summed E-state index contributed by atoms with van der Waals surface area (Å²) in [6.07, 6.45) is -0.632. The quantitative estimate of drug-likeness (QED) is 0.832. The maximum atomic E-state index is 12.6. The number of carbonyl (C=O) groups excluding carboxylic acids is 2. The molecule has 1 aromatic carbocycles. The third-order valence-corrected chi connectivity index (χ3v) is 5.19. The van der Waals surface area contributed by atoms with Gasteiger partial charge in [-0.15, -0.1) is 0 Å². The lowest BCUT2D eigenvalue weighted by Gasteiger charge is -2.50. The van der Waals surface area contributed by atoms with Gasteiger partial charge in [0.25, 0.3) is 0 Å². The van der Waals surface area contributed by atoms with Gasteiger partial charge in [0.2, 0.25) is 0 Å². The molecule has 8 heteroatoms. The van der Waals surface area contributed by atoms with Crippen molar-refractivity contribution < 1.29 is 29.0 Å². The number of benzene rings is 1. The highest BCUT2D eigenvalue weighted by Gasteiger charge is 2.53. The van der Waals surface area contributed by atoms with E-state index >= 15 is 0 Å². The predicted octanol–water partition coefficient (Wildman–Crippen LogP) is 2.97. The van der Waals surface area contributed by atoms with Gasteiger partial charge in [-0.25, -0.2) is 9.59 Å². The second-order valence-corrected chi connectivity index (χ2v) is 8.94. The number of rotatable bonds is 3. The first kappa shape index (κ1) is 21.0. The van der Waals surface area contributed by atoms with E-state index in [1.54, 1.807) is 20.8 Å². The molecule has 1 aromatic rings. The van der Waals surface area contributed by atoms with Crippen LogP contribution in [0.4, 0.5) is 9.59 Å². The van der Waals surface area contributed by atoms with E-state index in [9.17, 15) is 19.5 Å². The fraction of sp³-hybridized carbons (Fsp3) is 0.571. The summed E-state index contributed by atoms with van der Waals surface area (Å²) < 4.78 is 10.8. The summed E-state index contributed by atoms with van der Waals surface area (Å²) >= 11 is 0. The van der Waals surface area contributed by atoms with Gasteiger partial charge in [0, 0.05) is 26.2 Å². The molecule has 0 spiro atoms. The Labute approximate surface area is 170 Å². The van der Waals surface area contributed by atoms with Gasteiger partial charge in [-0.05, 0) is 38.7 Å². The van der Waals surface area contributed by atoms with Crippen LogP contribution in [0.25, 0.3) is 0 Å². The Bertz CT molecular complexity index is 775. The molecule has 2 heterocycles. The van der Waals surface area contributed by atoms with Crippen LogP contribution >= 0.6 is 0 Å². The molecule has 2 aliphatic rings. The second-order valence-electron chi connectivity index (χ2n) is 8.94. The number of carboxylic acids is 1. The zero-order chi connectivity index (χ0) is 21.2. The summed E-state index contributed by atoms with van der Waals surface area (Å²) in [5.74, 6) is -1.17. The van der Waals surface area contributed by atoms with Crippen molar-refractivity contribution in [3.63, 3.8) is 0 Å². The van der Waals surface area contributed by atoms with Crippen LogP contribution in [-0.2, 0) is 20.9 Å². The van der Waals surface area contributed by atoms with Crippen molar-refractivity contribution in [3.8, 4) is 0 Å². The van der Waals surface area contributed by atoms with Crippen molar-refractivity contribution in [2.45, 2.75) is 39.4 Å². The van der Waals surface area contributed by atoms with Gasteiger partial charge < -0.3 is 24.4 Å². The number of aliphatic carboxylic acids is 1. The molecule has 2 saturated heterocycles. The number of amides is 2. The van der Waals surface area contributed by atoms with Gasteiger partial charge in [-0.3, -0.25) is 4.79 Å². The second kappa shape index (κ2) is 7.93. The first-order valence-electron chi connectivity index (χ1n) is 9.75. The Balaban J connectivity index is 1.68. The number of piperidine rings is 2. The molecule has 158 valence electrons. The highest BCUT2D eigenvalue weighted by Crippen LogP contribution is 2.39. The first-order valence-corrected chi connectivity index (χ1v) is 9.75. The van der Waals surface area contributed by atoms with Gasteiger partial charge in [-0.1, -0.05) is 30.3 Å². The Morgan fingerprint density at radius 3 is 2.21 bits per heavy atom. The number of hydrogen-bond donors (Lipinski definition) is 1. The highest BCUT2D eigenvalue weighted by atomic mass is 16.6. The molecule has 29 heavy (non-hydrogen) atoms. The van der Waals surface area contributed by atoms with Crippen molar-refractivity contribution in [1.82, 2.24) is 9.80 Å². The summed E-state index contributed by atoms with van der Waals surface area (Å²) in [6, 6.07) is 9.31. The van der Waals surface area contributed by atoms with E-state index < -0.39 is 29.2 Å². The molecule has 0 unspecified atom stereocenters. The molecule has 2 bridgehead atoms. The lowest BCUT2D eigenvalue weighted by atomic mass is 9.72. The Hall–Kier alpha value is -2.77. The van der Waals surface area contributed by atoms with Crippen molar-refractivity contribution >= 4 is 18.2 Å².